The van der Waals surface area contributed by atoms with Crippen LogP contribution in [0.5, 0.6) is 0 Å². The van der Waals surface area contributed by atoms with Gasteiger partial charge in [-0.2, -0.15) is 0 Å². The molecule has 1 saturated carbocycles. The number of anilines is 1. The van der Waals surface area contributed by atoms with E-state index >= 15 is 4.39 Å². The molecule has 1 aromatic carbocycles. The fourth-order valence-corrected chi connectivity index (χ4v) is 5.87. The summed E-state index contributed by atoms with van der Waals surface area (Å²) in [6, 6.07) is 7.93. The van der Waals surface area contributed by atoms with E-state index in [9.17, 15) is 9.59 Å². The molecule has 43 heavy (non-hydrogen) atoms. The van der Waals surface area contributed by atoms with Crippen molar-refractivity contribution in [3.05, 3.63) is 70.8 Å². The van der Waals surface area contributed by atoms with E-state index in [0.717, 1.165) is 55.9 Å². The number of halogens is 1. The highest BCUT2D eigenvalue weighted by Gasteiger charge is 2.34. The van der Waals surface area contributed by atoms with Crippen LogP contribution in [0.2, 0.25) is 0 Å². The maximum atomic E-state index is 15.6. The summed E-state index contributed by atoms with van der Waals surface area (Å²) in [4.78, 5) is 37.7. The number of urea groups is 1. The Morgan fingerprint density at radius 1 is 1.07 bits per heavy atom. The summed E-state index contributed by atoms with van der Waals surface area (Å²) in [7, 11) is 0. The highest BCUT2D eigenvalue weighted by molar-refractivity contribution is 6.04. The number of hydrogen-bond acceptors (Lipinski definition) is 6. The van der Waals surface area contributed by atoms with Gasteiger partial charge < -0.3 is 24.7 Å². The van der Waals surface area contributed by atoms with Crippen LogP contribution in [0.15, 0.2) is 36.7 Å². The molecule has 0 bridgehead atoms. The van der Waals surface area contributed by atoms with Crippen LogP contribution < -0.4 is 10.6 Å². The maximum absolute atomic E-state index is 15.6. The third-order valence-electron chi connectivity index (χ3n) is 8.09. The molecule has 3 aromatic heterocycles. The Bertz CT molecular complexity index is 1750. The maximum Gasteiger partial charge on any atom is 0.318 e. The first-order valence-corrected chi connectivity index (χ1v) is 14.8. The second-order valence-corrected chi connectivity index (χ2v) is 12.6. The molecule has 2 aliphatic heterocycles. The van der Waals surface area contributed by atoms with E-state index in [4.69, 9.17) is 0 Å². The van der Waals surface area contributed by atoms with Gasteiger partial charge >= 0.3 is 6.03 Å². The summed E-state index contributed by atoms with van der Waals surface area (Å²) in [6.45, 7) is 7.11. The smallest absolute Gasteiger partial charge is 0.318 e. The van der Waals surface area contributed by atoms with Gasteiger partial charge in [-0.25, -0.2) is 19.2 Å². The van der Waals surface area contributed by atoms with Crippen molar-refractivity contribution in [1.29, 1.82) is 0 Å². The summed E-state index contributed by atoms with van der Waals surface area (Å²) in [5.74, 6) is 0.922. The van der Waals surface area contributed by atoms with Crippen LogP contribution in [0.1, 0.15) is 85.5 Å². The van der Waals surface area contributed by atoms with E-state index in [1.807, 2.05) is 31.4 Å². The molecule has 2 N–H and O–H groups in total. The molecule has 0 saturated heterocycles. The number of aromatic nitrogens is 6. The van der Waals surface area contributed by atoms with Gasteiger partial charge in [-0.15, -0.1) is 10.2 Å². The minimum absolute atomic E-state index is 0.119. The zero-order valence-electron chi connectivity index (χ0n) is 24.5. The molecular weight excluding hydrogens is 549 g/mol. The minimum atomic E-state index is -0.680. The Morgan fingerprint density at radius 3 is 2.70 bits per heavy atom. The van der Waals surface area contributed by atoms with Gasteiger partial charge in [0.15, 0.2) is 5.82 Å². The van der Waals surface area contributed by atoms with Crippen molar-refractivity contribution in [3.63, 3.8) is 0 Å². The number of benzene rings is 1. The Balaban J connectivity index is 1.21. The number of imidazole rings is 1. The zero-order chi connectivity index (χ0) is 29.9. The van der Waals surface area contributed by atoms with Crippen molar-refractivity contribution in [2.45, 2.75) is 84.0 Å². The van der Waals surface area contributed by atoms with Crippen molar-refractivity contribution in [1.82, 2.24) is 39.5 Å². The Hall–Kier alpha value is -4.61. The predicted octanol–water partition coefficient (Wildman–Crippen LogP) is 4.95. The highest BCUT2D eigenvalue weighted by Crippen LogP contribution is 2.42. The van der Waals surface area contributed by atoms with Gasteiger partial charge in [0, 0.05) is 31.0 Å². The van der Waals surface area contributed by atoms with Crippen LogP contribution in [-0.2, 0) is 26.1 Å². The molecule has 0 radical (unpaired) electrons. The number of fused-ring (bicyclic) bond motifs is 4. The van der Waals surface area contributed by atoms with Gasteiger partial charge in [0.2, 0.25) is 0 Å². The lowest BCUT2D eigenvalue weighted by atomic mass is 10.1. The minimum Gasteiger partial charge on any atom is -0.333 e. The number of carbonyl (C=O) groups is 2. The number of amides is 3. The fraction of sp³-hybridized carbons (Fsp3) is 0.419. The van der Waals surface area contributed by atoms with E-state index in [1.54, 1.807) is 29.4 Å². The van der Waals surface area contributed by atoms with Crippen LogP contribution >= 0.6 is 0 Å². The second kappa shape index (κ2) is 10.3. The number of rotatable bonds is 4. The van der Waals surface area contributed by atoms with Crippen molar-refractivity contribution in [2.75, 3.05) is 5.32 Å². The second-order valence-electron chi connectivity index (χ2n) is 12.6. The number of aryl methyl sites for hydroxylation is 1. The molecule has 0 spiro atoms. The molecule has 1 fully saturated rings. The molecule has 4 aromatic rings. The molecule has 11 nitrogen and oxygen atoms in total. The van der Waals surface area contributed by atoms with Gasteiger partial charge in [0.05, 0.1) is 35.5 Å². The average Bonchev–Trinajstić information content (AvgIpc) is 3.62. The molecule has 7 rings (SSSR count). The van der Waals surface area contributed by atoms with Gasteiger partial charge in [0.1, 0.15) is 23.2 Å². The number of carbonyl (C=O) groups excluding carboxylic acids is 2. The number of nitrogens with one attached hydrogen (secondary N) is 2. The van der Waals surface area contributed by atoms with Crippen molar-refractivity contribution < 1.29 is 14.0 Å². The molecule has 3 amide bonds. The molecule has 5 heterocycles. The summed E-state index contributed by atoms with van der Waals surface area (Å²) >= 11 is 0. The van der Waals surface area contributed by atoms with E-state index in [-0.39, 0.29) is 24.0 Å². The molecule has 0 atom stereocenters. The SMILES string of the molecule is CC(C)(C)NC(=O)N1Cc2cc(F)c(C(=O)Nc3cccc(-c4nnc5n4CCCC5)n3)cc2-n2cnc(C3CC3)c2C1. The van der Waals surface area contributed by atoms with E-state index in [2.05, 4.69) is 35.4 Å². The van der Waals surface area contributed by atoms with E-state index in [1.165, 1.54) is 6.07 Å². The van der Waals surface area contributed by atoms with Crippen LogP contribution in [-0.4, -0.2) is 51.7 Å². The first kappa shape index (κ1) is 27.2. The fourth-order valence-electron chi connectivity index (χ4n) is 5.87. The zero-order valence-corrected chi connectivity index (χ0v) is 24.5. The summed E-state index contributed by atoms with van der Waals surface area (Å²) in [5, 5.41) is 14.4. The number of pyridine rings is 1. The third kappa shape index (κ3) is 5.26. The first-order chi connectivity index (χ1) is 20.6. The van der Waals surface area contributed by atoms with Crippen molar-refractivity contribution in [2.24, 2.45) is 0 Å². The number of nitrogens with zero attached hydrogens (tertiary/aromatic N) is 7. The molecule has 3 aliphatic rings. The van der Waals surface area contributed by atoms with Crippen molar-refractivity contribution >= 4 is 17.8 Å². The monoisotopic (exact) mass is 583 g/mol. The van der Waals surface area contributed by atoms with E-state index in [0.29, 0.717) is 35.2 Å². The lowest BCUT2D eigenvalue weighted by molar-refractivity contribution is 0.102. The average molecular weight is 584 g/mol. The van der Waals surface area contributed by atoms with Gasteiger partial charge in [-0.1, -0.05) is 6.07 Å². The quantitative estimate of drug-likeness (QED) is 0.350. The lowest BCUT2D eigenvalue weighted by Crippen LogP contribution is -2.47. The number of hydrogen-bond donors (Lipinski definition) is 2. The van der Waals surface area contributed by atoms with E-state index < -0.39 is 17.3 Å². The van der Waals surface area contributed by atoms with Crippen LogP contribution in [0.4, 0.5) is 15.0 Å². The Kier molecular flexibility index (Phi) is 6.51. The summed E-state index contributed by atoms with van der Waals surface area (Å²) in [5.41, 5.74) is 3.09. The normalized spacial score (nSPS) is 16.1. The van der Waals surface area contributed by atoms with Gasteiger partial charge in [-0.05, 0) is 76.3 Å². The van der Waals surface area contributed by atoms with Crippen LogP contribution in [0.25, 0.3) is 17.2 Å². The highest BCUT2D eigenvalue weighted by atomic mass is 19.1. The molecule has 222 valence electrons. The van der Waals surface area contributed by atoms with Crippen LogP contribution in [0, 0.1) is 5.82 Å². The standard InChI is InChI=1S/C31H34FN9O2/c1-31(2,3)36-30(43)39-15-19-13-21(32)20(14-23(19)41-17-33-27(18-10-11-18)24(41)16-39)29(42)35-25-8-6-7-22(34-25)28-38-37-26-9-4-5-12-40(26)28/h6-8,13-14,17-18H,4-5,9-12,15-16H2,1-3H3,(H,36,43)(H,34,35,42). The topological polar surface area (TPSA) is 123 Å². The molecule has 0 unspecified atom stereocenters. The Labute approximate surface area is 248 Å². The largest absolute Gasteiger partial charge is 0.333 e. The summed E-state index contributed by atoms with van der Waals surface area (Å²) < 4.78 is 19.6. The van der Waals surface area contributed by atoms with Crippen molar-refractivity contribution in [3.8, 4) is 17.2 Å². The third-order valence-corrected chi connectivity index (χ3v) is 8.09. The lowest BCUT2D eigenvalue weighted by Gasteiger charge is -2.27. The van der Waals surface area contributed by atoms with Gasteiger partial charge in [-0.3, -0.25) is 4.79 Å². The first-order valence-electron chi connectivity index (χ1n) is 14.8. The van der Waals surface area contributed by atoms with Crippen LogP contribution in [0.3, 0.4) is 0 Å². The molecule has 1 aliphatic carbocycles. The molecule has 12 heteroatoms. The predicted molar refractivity (Wildman–Crippen MR) is 157 cm³/mol. The molecular formula is C31H34FN9O2. The Morgan fingerprint density at radius 2 is 1.91 bits per heavy atom. The van der Waals surface area contributed by atoms with Gasteiger partial charge in [0.25, 0.3) is 5.91 Å². The summed E-state index contributed by atoms with van der Waals surface area (Å²) in [6.07, 6.45) is 6.82.